The minimum Gasteiger partial charge on any atom is -0.378 e. The van der Waals surface area contributed by atoms with Gasteiger partial charge in [-0.3, -0.25) is 0 Å². The first-order valence-electron chi connectivity index (χ1n) is 7.70. The lowest BCUT2D eigenvalue weighted by molar-refractivity contribution is 0.0245. The van der Waals surface area contributed by atoms with Crippen molar-refractivity contribution in [2.45, 2.75) is 57.1 Å². The van der Waals surface area contributed by atoms with Gasteiger partial charge in [0, 0.05) is 32.3 Å². The van der Waals surface area contributed by atoms with Crippen LogP contribution in [0.4, 0.5) is 0 Å². The van der Waals surface area contributed by atoms with Crippen LogP contribution in [-0.2, 0) is 14.9 Å². The molecule has 1 saturated carbocycles. The van der Waals surface area contributed by atoms with Crippen LogP contribution in [0.5, 0.6) is 0 Å². The number of nitrogens with two attached hydrogens (primary N) is 1. The van der Waals surface area contributed by atoms with Gasteiger partial charge in [0.2, 0.25) is 0 Å². The Morgan fingerprint density at radius 3 is 2.45 bits per heavy atom. The highest BCUT2D eigenvalue weighted by atomic mass is 32.2. The summed E-state index contributed by atoms with van der Waals surface area (Å²) in [5, 5.41) is 0. The highest BCUT2D eigenvalue weighted by Crippen LogP contribution is 2.19. The molecule has 2 rings (SSSR count). The molecule has 20 heavy (non-hydrogen) atoms. The summed E-state index contributed by atoms with van der Waals surface area (Å²) in [6, 6.07) is 0.335. The van der Waals surface area contributed by atoms with E-state index in [1.807, 2.05) is 0 Å². The van der Waals surface area contributed by atoms with Gasteiger partial charge in [-0.25, -0.2) is 4.72 Å². The largest absolute Gasteiger partial charge is 0.378 e. The topological polar surface area (TPSA) is 84.7 Å². The molecular weight excluding hydrogens is 278 g/mol. The molecule has 0 aromatic carbocycles. The lowest BCUT2D eigenvalue weighted by Crippen LogP contribution is -2.39. The van der Waals surface area contributed by atoms with E-state index in [0.717, 1.165) is 44.9 Å². The van der Waals surface area contributed by atoms with Gasteiger partial charge < -0.3 is 10.5 Å². The van der Waals surface area contributed by atoms with Crippen LogP contribution < -0.4 is 10.5 Å². The van der Waals surface area contributed by atoms with E-state index in [1.54, 1.807) is 0 Å². The molecule has 0 radical (unpaired) electrons. The molecule has 1 heterocycles. The fourth-order valence-electron chi connectivity index (χ4n) is 2.80. The zero-order chi connectivity index (χ0) is 14.4. The molecule has 118 valence electrons. The maximum absolute atomic E-state index is 11.9. The molecule has 2 fully saturated rings. The number of nitrogens with zero attached hydrogens (tertiary/aromatic N) is 1. The Morgan fingerprint density at radius 2 is 1.80 bits per heavy atom. The Kier molecular flexibility index (Phi) is 6.22. The Hall–Kier alpha value is -0.210. The normalized spacial score (nSPS) is 28.9. The van der Waals surface area contributed by atoms with Crippen molar-refractivity contribution in [3.8, 4) is 0 Å². The minimum atomic E-state index is -3.26. The summed E-state index contributed by atoms with van der Waals surface area (Å²) in [6.07, 6.45) is 7.09. The average Bonchev–Trinajstić information content (AvgIpc) is 2.95. The molecular formula is C13H27N3O3S. The zero-order valence-corrected chi connectivity index (χ0v) is 12.9. The second-order valence-electron chi connectivity index (χ2n) is 5.77. The van der Waals surface area contributed by atoms with Crippen molar-refractivity contribution in [3.63, 3.8) is 0 Å². The lowest BCUT2D eigenvalue weighted by atomic mass is 9.94. The third kappa shape index (κ3) is 4.96. The highest BCUT2D eigenvalue weighted by Gasteiger charge is 2.24. The van der Waals surface area contributed by atoms with Gasteiger partial charge in [0.1, 0.15) is 0 Å². The summed E-state index contributed by atoms with van der Waals surface area (Å²) in [4.78, 5) is 0. The maximum Gasteiger partial charge on any atom is 0.279 e. The number of rotatable bonds is 7. The molecule has 3 N–H and O–H groups in total. The van der Waals surface area contributed by atoms with E-state index in [0.29, 0.717) is 38.4 Å². The fourth-order valence-corrected chi connectivity index (χ4v) is 4.12. The summed E-state index contributed by atoms with van der Waals surface area (Å²) in [5.41, 5.74) is 5.84. The van der Waals surface area contributed by atoms with Crippen molar-refractivity contribution < 1.29 is 13.2 Å². The van der Waals surface area contributed by atoms with Crippen LogP contribution in [-0.4, -0.2) is 51.1 Å². The smallest absolute Gasteiger partial charge is 0.279 e. The zero-order valence-electron chi connectivity index (χ0n) is 12.1. The molecule has 0 spiro atoms. The van der Waals surface area contributed by atoms with Crippen molar-refractivity contribution in [1.82, 2.24) is 9.03 Å². The number of ether oxygens (including phenoxy) is 1. The summed E-state index contributed by atoms with van der Waals surface area (Å²) in [5.74, 6) is 0. The van der Waals surface area contributed by atoms with E-state index >= 15 is 0 Å². The quantitative estimate of drug-likeness (QED) is 0.674. The van der Waals surface area contributed by atoms with Crippen molar-refractivity contribution >= 4 is 10.2 Å². The standard InChI is InChI=1S/C13H27N3O3S/c14-12-4-6-13(7-5-12)19-11-3-8-15-20(17,18)16-9-1-2-10-16/h12-13,15H,1-11,14H2. The van der Waals surface area contributed by atoms with Gasteiger partial charge >= 0.3 is 0 Å². The van der Waals surface area contributed by atoms with Gasteiger partial charge in [-0.2, -0.15) is 12.7 Å². The molecule has 1 aliphatic heterocycles. The number of hydrogen-bond donors (Lipinski definition) is 2. The molecule has 0 unspecified atom stereocenters. The van der Waals surface area contributed by atoms with Gasteiger partial charge in [-0.1, -0.05) is 0 Å². The summed E-state index contributed by atoms with van der Waals surface area (Å²) >= 11 is 0. The third-order valence-electron chi connectivity index (χ3n) is 4.08. The van der Waals surface area contributed by atoms with E-state index < -0.39 is 10.2 Å². The third-order valence-corrected chi connectivity index (χ3v) is 5.70. The Bertz CT molecular complexity index is 374. The van der Waals surface area contributed by atoms with E-state index in [1.165, 1.54) is 4.31 Å². The van der Waals surface area contributed by atoms with Crippen LogP contribution in [0.25, 0.3) is 0 Å². The van der Waals surface area contributed by atoms with Gasteiger partial charge in [0.15, 0.2) is 0 Å². The predicted octanol–water partition coefficient (Wildman–Crippen LogP) is 0.593. The minimum absolute atomic E-state index is 0.310. The molecule has 6 nitrogen and oxygen atoms in total. The molecule has 0 atom stereocenters. The SMILES string of the molecule is NC1CCC(OCCCNS(=O)(=O)N2CCCC2)CC1. The van der Waals surface area contributed by atoms with Crippen LogP contribution in [0.1, 0.15) is 44.9 Å². The van der Waals surface area contributed by atoms with Crippen LogP contribution >= 0.6 is 0 Å². The van der Waals surface area contributed by atoms with E-state index in [-0.39, 0.29) is 0 Å². The van der Waals surface area contributed by atoms with Crippen LogP contribution in [0, 0.1) is 0 Å². The van der Waals surface area contributed by atoms with Crippen LogP contribution in [0.2, 0.25) is 0 Å². The van der Waals surface area contributed by atoms with E-state index in [4.69, 9.17) is 10.5 Å². The van der Waals surface area contributed by atoms with E-state index in [9.17, 15) is 8.42 Å². The lowest BCUT2D eigenvalue weighted by Gasteiger charge is -2.26. The first-order valence-corrected chi connectivity index (χ1v) is 9.14. The van der Waals surface area contributed by atoms with Crippen molar-refractivity contribution in [2.24, 2.45) is 5.73 Å². The van der Waals surface area contributed by atoms with Crippen molar-refractivity contribution in [2.75, 3.05) is 26.2 Å². The molecule has 7 heteroatoms. The number of nitrogens with one attached hydrogen (secondary N) is 1. The second-order valence-corrected chi connectivity index (χ2v) is 7.52. The van der Waals surface area contributed by atoms with Crippen LogP contribution in [0.3, 0.4) is 0 Å². The van der Waals surface area contributed by atoms with Gasteiger partial charge in [-0.05, 0) is 44.9 Å². The average molecular weight is 305 g/mol. The van der Waals surface area contributed by atoms with Crippen molar-refractivity contribution in [3.05, 3.63) is 0 Å². The molecule has 0 aromatic heterocycles. The summed E-state index contributed by atoms with van der Waals surface area (Å²) in [7, 11) is -3.26. The maximum atomic E-state index is 11.9. The molecule has 1 saturated heterocycles. The highest BCUT2D eigenvalue weighted by molar-refractivity contribution is 7.87. The molecule has 0 amide bonds. The summed E-state index contributed by atoms with van der Waals surface area (Å²) < 4.78 is 33.7. The Labute approximate surface area is 122 Å². The molecule has 1 aliphatic carbocycles. The first-order chi connectivity index (χ1) is 9.58. The predicted molar refractivity (Wildman–Crippen MR) is 78.5 cm³/mol. The van der Waals surface area contributed by atoms with E-state index in [2.05, 4.69) is 4.72 Å². The van der Waals surface area contributed by atoms with Gasteiger partial charge in [0.25, 0.3) is 10.2 Å². The van der Waals surface area contributed by atoms with Crippen LogP contribution in [0.15, 0.2) is 0 Å². The van der Waals surface area contributed by atoms with Crippen molar-refractivity contribution in [1.29, 1.82) is 0 Å². The fraction of sp³-hybridized carbons (Fsp3) is 1.00. The van der Waals surface area contributed by atoms with Gasteiger partial charge in [-0.15, -0.1) is 0 Å². The first kappa shape index (κ1) is 16.2. The number of hydrogen-bond acceptors (Lipinski definition) is 4. The molecule has 0 aromatic rings. The Morgan fingerprint density at radius 1 is 1.15 bits per heavy atom. The summed E-state index contributed by atoms with van der Waals surface area (Å²) in [6.45, 7) is 2.36. The second kappa shape index (κ2) is 7.70. The Balaban J connectivity index is 1.55. The van der Waals surface area contributed by atoms with Gasteiger partial charge in [0.05, 0.1) is 6.10 Å². The molecule has 0 bridgehead atoms. The monoisotopic (exact) mass is 305 g/mol. The molecule has 2 aliphatic rings.